The topological polar surface area (TPSA) is 113 Å². The second-order valence-corrected chi connectivity index (χ2v) is 5.73. The minimum absolute atomic E-state index is 0.00657. The Kier molecular flexibility index (Phi) is 7.55. The van der Waals surface area contributed by atoms with Crippen LogP contribution in [0.4, 0.5) is 0 Å². The van der Waals surface area contributed by atoms with Crippen LogP contribution in [0, 0.1) is 6.92 Å². The van der Waals surface area contributed by atoms with Crippen LogP contribution in [-0.2, 0) is 9.47 Å². The van der Waals surface area contributed by atoms with Gasteiger partial charge in [-0.2, -0.15) is 0 Å². The molecule has 7 nitrogen and oxygen atoms in total. The SMILES string of the molecule is COC(=O)c1cc(O)c(C)c(Cl)c1.COC(=O)c1cc(O)c(O)c(Cl)c1. The number of halogens is 2. The molecule has 0 unspecified atom stereocenters. The number of methoxy groups -OCH3 is 2. The van der Waals surface area contributed by atoms with Gasteiger partial charge in [0.1, 0.15) is 5.75 Å². The molecule has 0 atom stereocenters. The van der Waals surface area contributed by atoms with Crippen molar-refractivity contribution in [2.75, 3.05) is 14.2 Å². The summed E-state index contributed by atoms with van der Waals surface area (Å²) in [4.78, 5) is 22.0. The fourth-order valence-corrected chi connectivity index (χ4v) is 2.15. The monoisotopic (exact) mass is 402 g/mol. The van der Waals surface area contributed by atoms with Crippen molar-refractivity contribution >= 4 is 35.1 Å². The second-order valence-electron chi connectivity index (χ2n) is 4.91. The van der Waals surface area contributed by atoms with Crippen LogP contribution in [0.3, 0.4) is 0 Å². The molecule has 0 saturated heterocycles. The largest absolute Gasteiger partial charge is 0.508 e. The molecule has 0 radical (unpaired) electrons. The zero-order valence-corrected chi connectivity index (χ0v) is 15.6. The molecule has 0 bridgehead atoms. The summed E-state index contributed by atoms with van der Waals surface area (Å²) in [5.74, 6) is -2.05. The molecule has 2 rings (SSSR count). The molecule has 0 fully saturated rings. The van der Waals surface area contributed by atoms with Gasteiger partial charge in [0, 0.05) is 10.6 Å². The van der Waals surface area contributed by atoms with Crippen LogP contribution in [0.5, 0.6) is 17.2 Å². The number of hydrogen-bond acceptors (Lipinski definition) is 7. The third-order valence-electron chi connectivity index (χ3n) is 3.20. The number of carbonyl (C=O) groups excluding carboxylic acids is 2. The Morgan fingerprint density at radius 1 is 0.808 bits per heavy atom. The van der Waals surface area contributed by atoms with E-state index in [-0.39, 0.29) is 21.9 Å². The van der Waals surface area contributed by atoms with Gasteiger partial charge in [0.25, 0.3) is 0 Å². The predicted molar refractivity (Wildman–Crippen MR) is 95.3 cm³/mol. The van der Waals surface area contributed by atoms with E-state index in [1.54, 1.807) is 6.92 Å². The number of ether oxygens (including phenoxy) is 2. The summed E-state index contributed by atoms with van der Waals surface area (Å²) < 4.78 is 8.87. The Bertz CT molecular complexity index is 718. The smallest absolute Gasteiger partial charge is 0.338 e. The minimum Gasteiger partial charge on any atom is -0.508 e. The molecule has 0 heterocycles. The van der Waals surface area contributed by atoms with E-state index in [9.17, 15) is 14.7 Å². The summed E-state index contributed by atoms with van der Waals surface area (Å²) in [5, 5.41) is 27.7. The van der Waals surface area contributed by atoms with E-state index >= 15 is 0 Å². The van der Waals surface area contributed by atoms with Gasteiger partial charge < -0.3 is 24.8 Å². The van der Waals surface area contributed by atoms with Gasteiger partial charge in [0.15, 0.2) is 11.5 Å². The van der Waals surface area contributed by atoms with Crippen molar-refractivity contribution in [1.29, 1.82) is 0 Å². The molecule has 2 aromatic carbocycles. The number of hydrogen-bond donors (Lipinski definition) is 3. The number of phenolic OH excluding ortho intramolecular Hbond substituents is 3. The third-order valence-corrected chi connectivity index (χ3v) is 3.88. The van der Waals surface area contributed by atoms with Crippen LogP contribution in [0.15, 0.2) is 24.3 Å². The quantitative estimate of drug-likeness (QED) is 0.518. The number of aromatic hydroxyl groups is 3. The lowest BCUT2D eigenvalue weighted by atomic mass is 10.1. The molecule has 140 valence electrons. The molecular formula is C17H16Cl2O7. The average Bonchev–Trinajstić information content (AvgIpc) is 2.62. The van der Waals surface area contributed by atoms with Gasteiger partial charge in [0.05, 0.1) is 30.4 Å². The first-order chi connectivity index (χ1) is 12.1. The van der Waals surface area contributed by atoms with Crippen LogP contribution < -0.4 is 0 Å². The summed E-state index contributed by atoms with van der Waals surface area (Å²) in [6.45, 7) is 1.67. The van der Waals surface area contributed by atoms with Crippen molar-refractivity contribution in [2.45, 2.75) is 6.92 Å². The second kappa shape index (κ2) is 9.17. The highest BCUT2D eigenvalue weighted by atomic mass is 35.5. The van der Waals surface area contributed by atoms with Gasteiger partial charge in [-0.1, -0.05) is 23.2 Å². The summed E-state index contributed by atoms with van der Waals surface area (Å²) >= 11 is 11.3. The van der Waals surface area contributed by atoms with Crippen LogP contribution in [0.2, 0.25) is 10.0 Å². The Morgan fingerprint density at radius 3 is 1.62 bits per heavy atom. The normalized spacial score (nSPS) is 9.73. The summed E-state index contributed by atoms with van der Waals surface area (Å²) in [6, 6.07) is 5.07. The van der Waals surface area contributed by atoms with Crippen LogP contribution in [-0.4, -0.2) is 41.5 Å². The Hall–Kier alpha value is -2.64. The molecule has 3 N–H and O–H groups in total. The van der Waals surface area contributed by atoms with E-state index in [2.05, 4.69) is 9.47 Å². The molecule has 0 aliphatic carbocycles. The average molecular weight is 403 g/mol. The van der Waals surface area contributed by atoms with E-state index in [4.69, 9.17) is 33.4 Å². The van der Waals surface area contributed by atoms with E-state index in [1.807, 2.05) is 0 Å². The zero-order valence-electron chi connectivity index (χ0n) is 14.0. The molecule has 2 aromatic rings. The highest BCUT2D eigenvalue weighted by molar-refractivity contribution is 6.32. The van der Waals surface area contributed by atoms with Gasteiger partial charge in [-0.05, 0) is 31.2 Å². The van der Waals surface area contributed by atoms with Crippen molar-refractivity contribution in [3.8, 4) is 17.2 Å². The van der Waals surface area contributed by atoms with E-state index in [1.165, 1.54) is 32.4 Å². The minimum atomic E-state index is -0.628. The Labute approximate surface area is 159 Å². The molecule has 9 heteroatoms. The molecule has 0 amide bonds. The Morgan fingerprint density at radius 2 is 1.23 bits per heavy atom. The molecule has 0 spiro atoms. The van der Waals surface area contributed by atoms with Gasteiger partial charge in [-0.3, -0.25) is 0 Å². The highest BCUT2D eigenvalue weighted by Gasteiger charge is 2.12. The van der Waals surface area contributed by atoms with Gasteiger partial charge in [0.2, 0.25) is 0 Å². The van der Waals surface area contributed by atoms with E-state index < -0.39 is 23.4 Å². The van der Waals surface area contributed by atoms with Crippen molar-refractivity contribution < 1.29 is 34.4 Å². The highest BCUT2D eigenvalue weighted by Crippen LogP contribution is 2.34. The summed E-state index contributed by atoms with van der Waals surface area (Å²) in [5.41, 5.74) is 0.882. The summed E-state index contributed by atoms with van der Waals surface area (Å²) in [7, 11) is 2.48. The first-order valence-electron chi connectivity index (χ1n) is 6.99. The summed E-state index contributed by atoms with van der Waals surface area (Å²) in [6.07, 6.45) is 0. The lowest BCUT2D eigenvalue weighted by Gasteiger charge is -2.04. The van der Waals surface area contributed by atoms with Crippen LogP contribution in [0.1, 0.15) is 26.3 Å². The standard InChI is InChI=1S/C9H9ClO3.C8H7ClO4/c1-5-7(10)3-6(4-8(5)11)9(12)13-2;1-13-8(12)4-2-5(9)7(11)6(10)3-4/h3-4,11H,1-2H3;2-3,10-11H,1H3. The lowest BCUT2D eigenvalue weighted by Crippen LogP contribution is -2.01. The fraction of sp³-hybridized carbons (Fsp3) is 0.176. The van der Waals surface area contributed by atoms with Crippen molar-refractivity contribution in [3.63, 3.8) is 0 Å². The van der Waals surface area contributed by atoms with E-state index in [0.29, 0.717) is 10.6 Å². The molecule has 0 aliphatic rings. The first kappa shape index (κ1) is 21.4. The molecule has 26 heavy (non-hydrogen) atoms. The fourth-order valence-electron chi connectivity index (χ4n) is 1.72. The molecule has 0 saturated carbocycles. The predicted octanol–water partition coefficient (Wildman–Crippen LogP) is 3.68. The maximum atomic E-state index is 11.0. The number of carbonyl (C=O) groups is 2. The van der Waals surface area contributed by atoms with Gasteiger partial charge >= 0.3 is 11.9 Å². The molecular weight excluding hydrogens is 387 g/mol. The number of phenols is 3. The molecule has 0 aliphatic heterocycles. The zero-order chi connectivity index (χ0) is 20.0. The number of esters is 2. The number of benzene rings is 2. The van der Waals surface area contributed by atoms with Crippen molar-refractivity contribution in [3.05, 3.63) is 51.0 Å². The maximum absolute atomic E-state index is 11.0. The van der Waals surface area contributed by atoms with Gasteiger partial charge in [-0.25, -0.2) is 9.59 Å². The van der Waals surface area contributed by atoms with Gasteiger partial charge in [-0.15, -0.1) is 0 Å². The first-order valence-corrected chi connectivity index (χ1v) is 7.75. The third kappa shape index (κ3) is 5.18. The van der Waals surface area contributed by atoms with Crippen LogP contribution in [0.25, 0.3) is 0 Å². The maximum Gasteiger partial charge on any atom is 0.338 e. The van der Waals surface area contributed by atoms with E-state index in [0.717, 1.165) is 6.07 Å². The number of rotatable bonds is 2. The Balaban J connectivity index is 0.000000260. The van der Waals surface area contributed by atoms with Crippen molar-refractivity contribution in [1.82, 2.24) is 0 Å². The lowest BCUT2D eigenvalue weighted by molar-refractivity contribution is 0.0591. The van der Waals surface area contributed by atoms with Crippen molar-refractivity contribution in [2.24, 2.45) is 0 Å². The van der Waals surface area contributed by atoms with Crippen LogP contribution >= 0.6 is 23.2 Å². The molecule has 0 aromatic heterocycles.